The molecule has 0 spiro atoms. The van der Waals surface area contributed by atoms with Crippen molar-refractivity contribution in [1.82, 2.24) is 4.90 Å². The van der Waals surface area contributed by atoms with Gasteiger partial charge >= 0.3 is 5.97 Å². The Labute approximate surface area is 124 Å². The van der Waals surface area contributed by atoms with Gasteiger partial charge in [0.25, 0.3) is 0 Å². The van der Waals surface area contributed by atoms with Crippen LogP contribution in [-0.4, -0.2) is 37.1 Å². The maximum Gasteiger partial charge on any atom is 0.337 e. The second kappa shape index (κ2) is 7.10. The molecule has 0 aromatic heterocycles. The molecule has 1 saturated heterocycles. The van der Waals surface area contributed by atoms with Crippen molar-refractivity contribution in [1.29, 1.82) is 0 Å². The number of rotatable bonds is 3. The standard InChI is InChI=1S/C13H17ClN2O2.ClH/c1-18-13(17)9-2-3-12(14)10(6-9)7-16-5-4-11(15)8-16;/h2-3,6,11H,4-5,7-8,15H2,1H3;1H/t11-;/m0./s1. The molecule has 0 saturated carbocycles. The first-order valence-corrected chi connectivity index (χ1v) is 6.32. The molecule has 6 heteroatoms. The van der Waals surface area contributed by atoms with Crippen molar-refractivity contribution in [3.63, 3.8) is 0 Å². The Morgan fingerprint density at radius 1 is 1.58 bits per heavy atom. The molecule has 0 unspecified atom stereocenters. The number of esters is 1. The van der Waals surface area contributed by atoms with E-state index in [9.17, 15) is 4.79 Å². The predicted octanol–water partition coefficient (Wildman–Crippen LogP) is 2.08. The molecular weight excluding hydrogens is 287 g/mol. The topological polar surface area (TPSA) is 55.6 Å². The second-order valence-electron chi connectivity index (χ2n) is 4.58. The van der Waals surface area contributed by atoms with Gasteiger partial charge in [0.2, 0.25) is 0 Å². The van der Waals surface area contributed by atoms with Crippen LogP contribution in [0.4, 0.5) is 0 Å². The summed E-state index contributed by atoms with van der Waals surface area (Å²) in [4.78, 5) is 13.7. The minimum atomic E-state index is -0.342. The third-order valence-electron chi connectivity index (χ3n) is 3.17. The molecule has 0 radical (unpaired) electrons. The SMILES string of the molecule is COC(=O)c1ccc(Cl)c(CN2CC[C@H](N)C2)c1.Cl. The van der Waals surface area contributed by atoms with Gasteiger partial charge in [-0.15, -0.1) is 12.4 Å². The van der Waals surface area contributed by atoms with E-state index in [1.807, 2.05) is 0 Å². The molecule has 2 N–H and O–H groups in total. The summed E-state index contributed by atoms with van der Waals surface area (Å²) in [6, 6.07) is 5.44. The summed E-state index contributed by atoms with van der Waals surface area (Å²) < 4.78 is 4.70. The number of halogens is 2. The number of carbonyl (C=O) groups excluding carboxylic acids is 1. The Morgan fingerprint density at radius 3 is 2.89 bits per heavy atom. The van der Waals surface area contributed by atoms with E-state index in [4.69, 9.17) is 22.1 Å². The van der Waals surface area contributed by atoms with Gasteiger partial charge in [-0.05, 0) is 30.2 Å². The molecule has 0 amide bonds. The van der Waals surface area contributed by atoms with Crippen LogP contribution >= 0.6 is 24.0 Å². The molecule has 0 bridgehead atoms. The molecule has 1 atom stereocenters. The summed E-state index contributed by atoms with van der Waals surface area (Å²) in [5, 5.41) is 0.670. The van der Waals surface area contributed by atoms with Crippen LogP contribution in [0, 0.1) is 0 Å². The van der Waals surface area contributed by atoms with E-state index in [1.165, 1.54) is 7.11 Å². The largest absolute Gasteiger partial charge is 0.465 e. The van der Waals surface area contributed by atoms with Crippen molar-refractivity contribution in [3.05, 3.63) is 34.3 Å². The molecule has 106 valence electrons. The molecule has 1 aromatic rings. The number of likely N-dealkylation sites (tertiary alicyclic amines) is 1. The lowest BCUT2D eigenvalue weighted by Gasteiger charge is -2.16. The lowest BCUT2D eigenvalue weighted by atomic mass is 10.1. The van der Waals surface area contributed by atoms with Crippen LogP contribution in [-0.2, 0) is 11.3 Å². The van der Waals surface area contributed by atoms with Gasteiger partial charge in [-0.1, -0.05) is 11.6 Å². The fourth-order valence-electron chi connectivity index (χ4n) is 2.19. The highest BCUT2D eigenvalue weighted by Crippen LogP contribution is 2.21. The number of benzene rings is 1. The van der Waals surface area contributed by atoms with Crippen LogP contribution < -0.4 is 5.73 Å². The number of ether oxygens (including phenoxy) is 1. The monoisotopic (exact) mass is 304 g/mol. The molecular formula is C13H18Cl2N2O2. The fraction of sp³-hybridized carbons (Fsp3) is 0.462. The highest BCUT2D eigenvalue weighted by molar-refractivity contribution is 6.31. The minimum absolute atomic E-state index is 0. The third kappa shape index (κ3) is 4.08. The first-order valence-electron chi connectivity index (χ1n) is 5.95. The maximum absolute atomic E-state index is 11.5. The highest BCUT2D eigenvalue weighted by atomic mass is 35.5. The van der Waals surface area contributed by atoms with E-state index in [0.29, 0.717) is 10.6 Å². The number of nitrogens with zero attached hydrogens (tertiary/aromatic N) is 1. The molecule has 19 heavy (non-hydrogen) atoms. The number of nitrogens with two attached hydrogens (primary N) is 1. The Bertz CT molecular complexity index is 454. The van der Waals surface area contributed by atoms with E-state index in [2.05, 4.69) is 4.90 Å². The van der Waals surface area contributed by atoms with E-state index in [0.717, 1.165) is 31.6 Å². The zero-order chi connectivity index (χ0) is 13.1. The molecule has 1 fully saturated rings. The van der Waals surface area contributed by atoms with Gasteiger partial charge in [0.15, 0.2) is 0 Å². The molecule has 4 nitrogen and oxygen atoms in total. The van der Waals surface area contributed by atoms with Gasteiger partial charge in [-0.25, -0.2) is 4.79 Å². The summed E-state index contributed by atoms with van der Waals surface area (Å²) >= 11 is 6.15. The Morgan fingerprint density at radius 2 is 2.32 bits per heavy atom. The van der Waals surface area contributed by atoms with Crippen molar-refractivity contribution in [2.24, 2.45) is 5.73 Å². The van der Waals surface area contributed by atoms with Crippen molar-refractivity contribution in [2.45, 2.75) is 19.0 Å². The zero-order valence-corrected chi connectivity index (χ0v) is 12.3. The number of methoxy groups -OCH3 is 1. The molecule has 2 rings (SSSR count). The van der Waals surface area contributed by atoms with Crippen molar-refractivity contribution < 1.29 is 9.53 Å². The van der Waals surface area contributed by atoms with Crippen LogP contribution in [0.1, 0.15) is 22.3 Å². The molecule has 1 aliphatic heterocycles. The van der Waals surface area contributed by atoms with E-state index in [-0.39, 0.29) is 24.4 Å². The van der Waals surface area contributed by atoms with Gasteiger partial charge in [-0.2, -0.15) is 0 Å². The number of carbonyl (C=O) groups is 1. The summed E-state index contributed by atoms with van der Waals surface area (Å²) in [7, 11) is 1.37. The van der Waals surface area contributed by atoms with Gasteiger partial charge in [0, 0.05) is 30.7 Å². The summed E-state index contributed by atoms with van der Waals surface area (Å²) in [6.07, 6.45) is 1.01. The quantitative estimate of drug-likeness (QED) is 0.869. The molecule has 1 aromatic carbocycles. The Balaban J connectivity index is 0.00000180. The van der Waals surface area contributed by atoms with Crippen LogP contribution in [0.15, 0.2) is 18.2 Å². The van der Waals surface area contributed by atoms with Crippen molar-refractivity contribution in [2.75, 3.05) is 20.2 Å². The Hall–Kier alpha value is -0.810. The Kier molecular flexibility index (Phi) is 6.07. The van der Waals surface area contributed by atoms with Crippen LogP contribution in [0.2, 0.25) is 5.02 Å². The van der Waals surface area contributed by atoms with E-state index in [1.54, 1.807) is 18.2 Å². The van der Waals surface area contributed by atoms with Gasteiger partial charge in [0.1, 0.15) is 0 Å². The summed E-state index contributed by atoms with van der Waals surface area (Å²) in [6.45, 7) is 2.57. The fourth-order valence-corrected chi connectivity index (χ4v) is 2.37. The lowest BCUT2D eigenvalue weighted by Crippen LogP contribution is -2.26. The minimum Gasteiger partial charge on any atom is -0.465 e. The van der Waals surface area contributed by atoms with Crippen LogP contribution in [0.3, 0.4) is 0 Å². The average Bonchev–Trinajstić information content (AvgIpc) is 2.76. The first kappa shape index (κ1) is 16.2. The molecule has 1 aliphatic rings. The van der Waals surface area contributed by atoms with Gasteiger partial charge in [-0.3, -0.25) is 4.90 Å². The van der Waals surface area contributed by atoms with Gasteiger partial charge < -0.3 is 10.5 Å². The molecule has 0 aliphatic carbocycles. The normalized spacial score (nSPS) is 19.0. The second-order valence-corrected chi connectivity index (χ2v) is 4.99. The molecule has 1 heterocycles. The van der Waals surface area contributed by atoms with E-state index >= 15 is 0 Å². The van der Waals surface area contributed by atoms with E-state index < -0.39 is 0 Å². The maximum atomic E-state index is 11.5. The van der Waals surface area contributed by atoms with Crippen LogP contribution in [0.25, 0.3) is 0 Å². The highest BCUT2D eigenvalue weighted by Gasteiger charge is 2.20. The van der Waals surface area contributed by atoms with Gasteiger partial charge in [0.05, 0.1) is 12.7 Å². The average molecular weight is 305 g/mol. The van der Waals surface area contributed by atoms with Crippen molar-refractivity contribution in [3.8, 4) is 0 Å². The first-order chi connectivity index (χ1) is 8.60. The number of hydrogen-bond acceptors (Lipinski definition) is 4. The van der Waals surface area contributed by atoms with Crippen LogP contribution in [0.5, 0.6) is 0 Å². The lowest BCUT2D eigenvalue weighted by molar-refractivity contribution is 0.0600. The van der Waals surface area contributed by atoms with Crippen molar-refractivity contribution >= 4 is 30.0 Å². The summed E-state index contributed by atoms with van der Waals surface area (Å²) in [5.74, 6) is -0.342. The summed E-state index contributed by atoms with van der Waals surface area (Å²) in [5.41, 5.74) is 7.33. The zero-order valence-electron chi connectivity index (χ0n) is 10.8. The smallest absolute Gasteiger partial charge is 0.337 e. The number of hydrogen-bond donors (Lipinski definition) is 1. The predicted molar refractivity (Wildman–Crippen MR) is 77.9 cm³/mol. The third-order valence-corrected chi connectivity index (χ3v) is 3.54.